The summed E-state index contributed by atoms with van der Waals surface area (Å²) in [4.78, 5) is 49.7. The van der Waals surface area contributed by atoms with Crippen LogP contribution in [-0.2, 0) is 0 Å². The Hall–Kier alpha value is -3.73. The van der Waals surface area contributed by atoms with Crippen LogP contribution in [0.5, 0.6) is 0 Å². The van der Waals surface area contributed by atoms with Gasteiger partial charge in [-0.1, -0.05) is 23.7 Å². The van der Waals surface area contributed by atoms with E-state index < -0.39 is 11.8 Å². The summed E-state index contributed by atoms with van der Waals surface area (Å²) in [6, 6.07) is 13.4. The average Bonchev–Trinajstić information content (AvgIpc) is 3.39. The van der Waals surface area contributed by atoms with E-state index in [1.807, 2.05) is 0 Å². The third kappa shape index (κ3) is 6.58. The molecule has 11 heteroatoms. The number of carbonyl (C=O) groups is 3. The summed E-state index contributed by atoms with van der Waals surface area (Å²) in [7, 11) is 2.10. The number of likely N-dealkylation sites (N-methyl/N-ethyl adjacent to an activating group) is 1. The van der Waals surface area contributed by atoms with E-state index >= 15 is 0 Å². The highest BCUT2D eigenvalue weighted by atomic mass is 35.5. The van der Waals surface area contributed by atoms with E-state index in [0.717, 1.165) is 26.2 Å². The van der Waals surface area contributed by atoms with Crippen molar-refractivity contribution in [3.05, 3.63) is 76.8 Å². The standard InChI is InChI=1S/C27H32ClN7O3/c1-27(2,35-14-12-34(3)13-15-35)16-29-25(37)22-23(31-17-30-22)26(38)33-19-10-8-18(9-11-19)32-24(36)20-6-4-5-7-21(20)28/h4-11,17H,12-16H2,1-3H3,(H,29,37)(H,30,31)(H,32,36)(H,33,38). The number of nitrogens with zero attached hydrogens (tertiary/aromatic N) is 3. The van der Waals surface area contributed by atoms with Crippen molar-refractivity contribution in [2.45, 2.75) is 19.4 Å². The second-order valence-corrected chi connectivity index (χ2v) is 10.3. The number of hydrogen-bond donors (Lipinski definition) is 4. The number of aromatic nitrogens is 2. The predicted octanol–water partition coefficient (Wildman–Crippen LogP) is 3.32. The normalized spacial score (nSPS) is 14.6. The molecule has 200 valence electrons. The Morgan fingerprint density at radius 2 is 1.53 bits per heavy atom. The number of hydrogen-bond acceptors (Lipinski definition) is 6. The molecule has 1 aliphatic rings. The number of imidazole rings is 1. The van der Waals surface area contributed by atoms with Crippen LogP contribution in [-0.4, -0.2) is 82.8 Å². The highest BCUT2D eigenvalue weighted by Gasteiger charge is 2.30. The topological polar surface area (TPSA) is 122 Å². The lowest BCUT2D eigenvalue weighted by Crippen LogP contribution is -2.57. The van der Waals surface area contributed by atoms with Crippen molar-refractivity contribution in [3.63, 3.8) is 0 Å². The number of H-pyrrole nitrogens is 1. The minimum atomic E-state index is -0.525. The van der Waals surface area contributed by atoms with Gasteiger partial charge < -0.3 is 25.8 Å². The van der Waals surface area contributed by atoms with Gasteiger partial charge in [0, 0.05) is 49.6 Å². The zero-order valence-electron chi connectivity index (χ0n) is 21.7. The van der Waals surface area contributed by atoms with Crippen LogP contribution in [0.15, 0.2) is 54.9 Å². The number of aromatic amines is 1. The number of amides is 3. The fraction of sp³-hybridized carbons (Fsp3) is 0.333. The van der Waals surface area contributed by atoms with Gasteiger partial charge in [0.2, 0.25) is 0 Å². The number of rotatable bonds is 8. The number of nitrogens with one attached hydrogen (secondary N) is 4. The van der Waals surface area contributed by atoms with Crippen molar-refractivity contribution < 1.29 is 14.4 Å². The van der Waals surface area contributed by atoms with Gasteiger partial charge in [0.05, 0.1) is 16.9 Å². The summed E-state index contributed by atoms with van der Waals surface area (Å²) in [6.07, 6.45) is 1.32. The molecule has 2 aromatic carbocycles. The molecule has 4 N–H and O–H groups in total. The van der Waals surface area contributed by atoms with E-state index in [-0.39, 0.29) is 22.8 Å². The third-order valence-corrected chi connectivity index (χ3v) is 6.97. The first kappa shape index (κ1) is 27.3. The molecule has 3 aromatic rings. The van der Waals surface area contributed by atoms with E-state index in [4.69, 9.17) is 11.6 Å². The Bertz CT molecular complexity index is 1300. The molecule has 0 radical (unpaired) electrons. The zero-order valence-corrected chi connectivity index (χ0v) is 22.4. The summed E-state index contributed by atoms with van der Waals surface area (Å²) in [5, 5.41) is 8.81. The first-order chi connectivity index (χ1) is 18.1. The molecule has 1 saturated heterocycles. The zero-order chi connectivity index (χ0) is 27.3. The van der Waals surface area contributed by atoms with Crippen molar-refractivity contribution in [1.82, 2.24) is 25.1 Å². The highest BCUT2D eigenvalue weighted by Crippen LogP contribution is 2.20. The Balaban J connectivity index is 1.34. The summed E-state index contributed by atoms with van der Waals surface area (Å²) in [5.74, 6) is -1.26. The molecule has 1 aromatic heterocycles. The van der Waals surface area contributed by atoms with E-state index in [1.165, 1.54) is 6.33 Å². The SMILES string of the molecule is CN1CCN(C(C)(C)CNC(=O)c2[nH]cnc2C(=O)Nc2ccc(NC(=O)c3ccccc3Cl)cc2)CC1. The van der Waals surface area contributed by atoms with E-state index in [1.54, 1.807) is 48.5 Å². The Kier molecular flexibility index (Phi) is 8.45. The number of anilines is 2. The minimum absolute atomic E-state index is 0.00370. The highest BCUT2D eigenvalue weighted by molar-refractivity contribution is 6.34. The molecule has 0 saturated carbocycles. The minimum Gasteiger partial charge on any atom is -0.349 e. The van der Waals surface area contributed by atoms with Crippen LogP contribution in [0.3, 0.4) is 0 Å². The second kappa shape index (κ2) is 11.8. The van der Waals surface area contributed by atoms with Gasteiger partial charge in [-0.15, -0.1) is 0 Å². The molecule has 1 fully saturated rings. The largest absolute Gasteiger partial charge is 0.349 e. The van der Waals surface area contributed by atoms with Crippen LogP contribution in [0.4, 0.5) is 11.4 Å². The molecule has 2 heterocycles. The molecule has 3 amide bonds. The van der Waals surface area contributed by atoms with Crippen molar-refractivity contribution in [2.24, 2.45) is 0 Å². The fourth-order valence-corrected chi connectivity index (χ4v) is 4.44. The molecule has 0 aliphatic carbocycles. The Morgan fingerprint density at radius 1 is 0.921 bits per heavy atom. The first-order valence-electron chi connectivity index (χ1n) is 12.4. The average molecular weight is 538 g/mol. The molecule has 1 aliphatic heterocycles. The van der Waals surface area contributed by atoms with Crippen molar-refractivity contribution >= 4 is 40.7 Å². The molecule has 4 rings (SSSR count). The summed E-state index contributed by atoms with van der Waals surface area (Å²) in [6.45, 7) is 8.45. The van der Waals surface area contributed by atoms with Crippen LogP contribution in [0.2, 0.25) is 5.02 Å². The third-order valence-electron chi connectivity index (χ3n) is 6.64. The van der Waals surface area contributed by atoms with Gasteiger partial charge in [0.25, 0.3) is 17.7 Å². The second-order valence-electron chi connectivity index (χ2n) is 9.88. The molecule has 0 bridgehead atoms. The Labute approximate surface area is 226 Å². The molecule has 0 spiro atoms. The number of piperazine rings is 1. The van der Waals surface area contributed by atoms with E-state index in [0.29, 0.717) is 28.5 Å². The summed E-state index contributed by atoms with van der Waals surface area (Å²) >= 11 is 6.08. The van der Waals surface area contributed by atoms with Gasteiger partial charge in [0.1, 0.15) is 5.69 Å². The smallest absolute Gasteiger partial charge is 0.276 e. The summed E-state index contributed by atoms with van der Waals surface area (Å²) in [5.41, 5.74) is 1.24. The van der Waals surface area contributed by atoms with Crippen molar-refractivity contribution in [1.29, 1.82) is 0 Å². The maximum absolute atomic E-state index is 12.9. The predicted molar refractivity (Wildman–Crippen MR) is 148 cm³/mol. The van der Waals surface area contributed by atoms with Crippen LogP contribution >= 0.6 is 11.6 Å². The molecule has 38 heavy (non-hydrogen) atoms. The van der Waals surface area contributed by atoms with Crippen LogP contribution in [0.1, 0.15) is 45.2 Å². The monoisotopic (exact) mass is 537 g/mol. The maximum atomic E-state index is 12.9. The van der Waals surface area contributed by atoms with Gasteiger partial charge in [-0.05, 0) is 57.3 Å². The van der Waals surface area contributed by atoms with Gasteiger partial charge in [-0.25, -0.2) is 4.98 Å². The summed E-state index contributed by atoms with van der Waals surface area (Å²) < 4.78 is 0. The number of halogens is 1. The van der Waals surface area contributed by atoms with E-state index in [9.17, 15) is 14.4 Å². The van der Waals surface area contributed by atoms with E-state index in [2.05, 4.69) is 56.6 Å². The van der Waals surface area contributed by atoms with Crippen LogP contribution < -0.4 is 16.0 Å². The Morgan fingerprint density at radius 3 is 2.16 bits per heavy atom. The molecule has 0 atom stereocenters. The van der Waals surface area contributed by atoms with Crippen molar-refractivity contribution in [3.8, 4) is 0 Å². The lowest BCUT2D eigenvalue weighted by molar-refractivity contribution is 0.0586. The van der Waals surface area contributed by atoms with Gasteiger partial charge in [0.15, 0.2) is 5.69 Å². The van der Waals surface area contributed by atoms with Crippen LogP contribution in [0.25, 0.3) is 0 Å². The number of carbonyl (C=O) groups excluding carboxylic acids is 3. The number of benzene rings is 2. The van der Waals surface area contributed by atoms with Crippen LogP contribution in [0, 0.1) is 0 Å². The lowest BCUT2D eigenvalue weighted by atomic mass is 10.0. The fourth-order valence-electron chi connectivity index (χ4n) is 4.22. The first-order valence-corrected chi connectivity index (χ1v) is 12.7. The molecular weight excluding hydrogens is 506 g/mol. The van der Waals surface area contributed by atoms with Gasteiger partial charge >= 0.3 is 0 Å². The molecule has 10 nitrogen and oxygen atoms in total. The lowest BCUT2D eigenvalue weighted by Gasteiger charge is -2.43. The van der Waals surface area contributed by atoms with Gasteiger partial charge in [-0.2, -0.15) is 0 Å². The quantitative estimate of drug-likeness (QED) is 0.349. The molecular formula is C27H32ClN7O3. The van der Waals surface area contributed by atoms with Crippen molar-refractivity contribution in [2.75, 3.05) is 50.4 Å². The maximum Gasteiger partial charge on any atom is 0.276 e. The van der Waals surface area contributed by atoms with Gasteiger partial charge in [-0.3, -0.25) is 19.3 Å². The molecule has 0 unspecified atom stereocenters.